The number of pyridine rings is 1. The lowest BCUT2D eigenvalue weighted by Crippen LogP contribution is -2.37. The van der Waals surface area contributed by atoms with Crippen LogP contribution in [0.5, 0.6) is 0 Å². The van der Waals surface area contributed by atoms with Crippen LogP contribution >= 0.6 is 0 Å². The number of hydrogen-bond donors (Lipinski definition) is 2. The number of anilines is 2. The van der Waals surface area contributed by atoms with Crippen molar-refractivity contribution in [2.75, 3.05) is 50.4 Å². The van der Waals surface area contributed by atoms with Gasteiger partial charge in [-0.15, -0.1) is 0 Å². The van der Waals surface area contributed by atoms with Crippen LogP contribution < -0.4 is 11.1 Å². The van der Waals surface area contributed by atoms with E-state index in [0.29, 0.717) is 17.1 Å². The molecule has 0 atom stereocenters. The number of ether oxygens (including phenoxy) is 1. The van der Waals surface area contributed by atoms with E-state index in [9.17, 15) is 0 Å². The van der Waals surface area contributed by atoms with Crippen molar-refractivity contribution in [1.82, 2.24) is 9.88 Å². The van der Waals surface area contributed by atoms with Crippen molar-refractivity contribution >= 4 is 11.5 Å². The highest BCUT2D eigenvalue weighted by Crippen LogP contribution is 2.18. The highest BCUT2D eigenvalue weighted by Gasteiger charge is 2.09. The van der Waals surface area contributed by atoms with Gasteiger partial charge in [-0.25, -0.2) is 4.98 Å². The quantitative estimate of drug-likeness (QED) is 0.757. The average Bonchev–Trinajstić information content (AvgIpc) is 2.46. The number of nitrogen functional groups attached to an aromatic ring is 1. The Hall–Kier alpha value is -1.84. The molecule has 0 radical (unpaired) electrons. The molecular formula is C13H19N5O. The molecule has 2 rings (SSSR count). The second kappa shape index (κ2) is 6.92. The molecule has 0 amide bonds. The van der Waals surface area contributed by atoms with Crippen LogP contribution in [0.25, 0.3) is 0 Å². The lowest BCUT2D eigenvalue weighted by molar-refractivity contribution is 0.0378. The molecule has 1 aliphatic rings. The fourth-order valence-electron chi connectivity index (χ4n) is 2.05. The summed E-state index contributed by atoms with van der Waals surface area (Å²) >= 11 is 0. The standard InChI is InChI=1S/C13H19N5O/c14-10-11-2-4-17-13(12(11)15)16-3-1-5-18-6-8-19-9-7-18/h2,4H,1,3,5-9,15H2,(H,16,17). The van der Waals surface area contributed by atoms with Crippen LogP contribution in [-0.2, 0) is 4.74 Å². The largest absolute Gasteiger partial charge is 0.395 e. The molecule has 1 aliphatic heterocycles. The van der Waals surface area contributed by atoms with Crippen LogP contribution in [0.3, 0.4) is 0 Å². The van der Waals surface area contributed by atoms with Crippen molar-refractivity contribution in [2.45, 2.75) is 6.42 Å². The number of nitrogens with one attached hydrogen (secondary N) is 1. The summed E-state index contributed by atoms with van der Waals surface area (Å²) in [6.07, 6.45) is 2.61. The summed E-state index contributed by atoms with van der Waals surface area (Å²) in [5.41, 5.74) is 6.74. The zero-order valence-corrected chi connectivity index (χ0v) is 10.9. The third-order valence-corrected chi connectivity index (χ3v) is 3.16. The molecule has 19 heavy (non-hydrogen) atoms. The molecular weight excluding hydrogens is 242 g/mol. The Morgan fingerprint density at radius 1 is 1.47 bits per heavy atom. The van der Waals surface area contributed by atoms with Gasteiger partial charge in [-0.3, -0.25) is 4.90 Å². The van der Waals surface area contributed by atoms with Crippen molar-refractivity contribution in [2.24, 2.45) is 0 Å². The normalized spacial score (nSPS) is 15.9. The van der Waals surface area contributed by atoms with Crippen LogP contribution in [-0.4, -0.2) is 49.3 Å². The molecule has 0 saturated carbocycles. The Kier molecular flexibility index (Phi) is 4.95. The third-order valence-electron chi connectivity index (χ3n) is 3.16. The van der Waals surface area contributed by atoms with E-state index in [4.69, 9.17) is 15.7 Å². The van der Waals surface area contributed by atoms with Crippen LogP contribution in [0, 0.1) is 11.3 Å². The monoisotopic (exact) mass is 261 g/mol. The van der Waals surface area contributed by atoms with Crippen molar-refractivity contribution in [3.8, 4) is 6.07 Å². The van der Waals surface area contributed by atoms with E-state index < -0.39 is 0 Å². The van der Waals surface area contributed by atoms with E-state index in [2.05, 4.69) is 21.3 Å². The second-order valence-corrected chi connectivity index (χ2v) is 4.47. The maximum Gasteiger partial charge on any atom is 0.150 e. The lowest BCUT2D eigenvalue weighted by Gasteiger charge is -2.26. The van der Waals surface area contributed by atoms with Crippen LogP contribution in [0.1, 0.15) is 12.0 Å². The van der Waals surface area contributed by atoms with Crippen LogP contribution in [0.15, 0.2) is 12.3 Å². The van der Waals surface area contributed by atoms with Gasteiger partial charge >= 0.3 is 0 Å². The number of nitriles is 1. The molecule has 0 spiro atoms. The fraction of sp³-hybridized carbons (Fsp3) is 0.538. The summed E-state index contributed by atoms with van der Waals surface area (Å²) in [6, 6.07) is 3.67. The molecule has 3 N–H and O–H groups in total. The first-order chi connectivity index (χ1) is 9.31. The molecule has 0 aliphatic carbocycles. The van der Waals surface area contributed by atoms with E-state index in [1.165, 1.54) is 0 Å². The van der Waals surface area contributed by atoms with E-state index in [0.717, 1.165) is 45.8 Å². The molecule has 0 unspecified atom stereocenters. The van der Waals surface area contributed by atoms with Gasteiger partial charge in [-0.05, 0) is 19.0 Å². The highest BCUT2D eigenvalue weighted by molar-refractivity contribution is 5.68. The van der Waals surface area contributed by atoms with Gasteiger partial charge in [0.2, 0.25) is 0 Å². The number of nitrogens with zero attached hydrogens (tertiary/aromatic N) is 3. The van der Waals surface area contributed by atoms with E-state index in [1.807, 2.05) is 0 Å². The minimum atomic E-state index is 0.427. The fourth-order valence-corrected chi connectivity index (χ4v) is 2.05. The zero-order valence-electron chi connectivity index (χ0n) is 10.9. The van der Waals surface area contributed by atoms with Gasteiger partial charge in [0.1, 0.15) is 6.07 Å². The molecule has 1 saturated heterocycles. The first kappa shape index (κ1) is 13.6. The number of morpholine rings is 1. The van der Waals surface area contributed by atoms with Crippen LogP contribution in [0.2, 0.25) is 0 Å². The van der Waals surface area contributed by atoms with Gasteiger partial charge in [0.15, 0.2) is 5.82 Å². The predicted octanol–water partition coefficient (Wildman–Crippen LogP) is 0.670. The first-order valence-electron chi connectivity index (χ1n) is 6.50. The summed E-state index contributed by atoms with van der Waals surface area (Å²) in [4.78, 5) is 6.53. The number of rotatable bonds is 5. The number of aromatic nitrogens is 1. The SMILES string of the molecule is N#Cc1ccnc(NCCCN2CCOCC2)c1N. The second-order valence-electron chi connectivity index (χ2n) is 4.47. The molecule has 2 heterocycles. The molecule has 1 fully saturated rings. The molecule has 0 bridgehead atoms. The zero-order chi connectivity index (χ0) is 13.5. The smallest absolute Gasteiger partial charge is 0.150 e. The minimum Gasteiger partial charge on any atom is -0.395 e. The van der Waals surface area contributed by atoms with Gasteiger partial charge in [0.05, 0.1) is 24.5 Å². The van der Waals surface area contributed by atoms with Crippen molar-refractivity contribution < 1.29 is 4.74 Å². The predicted molar refractivity (Wildman–Crippen MR) is 73.7 cm³/mol. The Morgan fingerprint density at radius 2 is 2.26 bits per heavy atom. The van der Waals surface area contributed by atoms with Gasteiger partial charge in [0.25, 0.3) is 0 Å². The number of nitrogens with two attached hydrogens (primary N) is 1. The summed E-state index contributed by atoms with van der Waals surface area (Å²) in [5.74, 6) is 0.598. The Labute approximate surface area is 113 Å². The van der Waals surface area contributed by atoms with Crippen molar-refractivity contribution in [3.63, 3.8) is 0 Å². The lowest BCUT2D eigenvalue weighted by atomic mass is 10.2. The summed E-state index contributed by atoms with van der Waals surface area (Å²) in [6.45, 7) is 5.49. The molecule has 102 valence electrons. The molecule has 6 heteroatoms. The Morgan fingerprint density at radius 3 is 3.00 bits per heavy atom. The number of hydrogen-bond acceptors (Lipinski definition) is 6. The summed E-state index contributed by atoms with van der Waals surface area (Å²) < 4.78 is 5.30. The van der Waals surface area contributed by atoms with Gasteiger partial charge in [-0.1, -0.05) is 0 Å². The minimum absolute atomic E-state index is 0.427. The topological polar surface area (TPSA) is 87.2 Å². The first-order valence-corrected chi connectivity index (χ1v) is 6.50. The van der Waals surface area contributed by atoms with Gasteiger partial charge in [0, 0.05) is 25.8 Å². The highest BCUT2D eigenvalue weighted by atomic mass is 16.5. The summed E-state index contributed by atoms with van der Waals surface area (Å²) in [7, 11) is 0. The van der Waals surface area contributed by atoms with E-state index in [1.54, 1.807) is 12.3 Å². The average molecular weight is 261 g/mol. The maximum absolute atomic E-state index is 8.88. The molecule has 6 nitrogen and oxygen atoms in total. The molecule has 1 aromatic rings. The van der Waals surface area contributed by atoms with Crippen molar-refractivity contribution in [3.05, 3.63) is 17.8 Å². The molecule has 0 aromatic carbocycles. The Balaban J connectivity index is 1.75. The van der Waals surface area contributed by atoms with Crippen LogP contribution in [0.4, 0.5) is 11.5 Å². The Bertz CT molecular complexity index is 451. The van der Waals surface area contributed by atoms with Gasteiger partial charge < -0.3 is 15.8 Å². The molecule has 1 aromatic heterocycles. The summed E-state index contributed by atoms with van der Waals surface area (Å²) in [5, 5.41) is 12.1. The van der Waals surface area contributed by atoms with E-state index in [-0.39, 0.29) is 0 Å². The van der Waals surface area contributed by atoms with Crippen molar-refractivity contribution in [1.29, 1.82) is 5.26 Å². The van der Waals surface area contributed by atoms with E-state index >= 15 is 0 Å². The maximum atomic E-state index is 8.88. The third kappa shape index (κ3) is 3.81. The van der Waals surface area contributed by atoms with Gasteiger partial charge in [-0.2, -0.15) is 5.26 Å².